The molecule has 0 saturated heterocycles. The van der Waals surface area contributed by atoms with E-state index >= 15 is 0 Å². The number of halogens is 1. The SMILES string of the molecule is OC1(c2ccccc2)CCC(c2nnc3n2-c2ccc(Cl)cc2CNC3)CC1. The molecular formula is C22H23ClN4O. The van der Waals surface area contributed by atoms with Gasteiger partial charge in [-0.1, -0.05) is 41.9 Å². The first-order valence-corrected chi connectivity index (χ1v) is 10.2. The fourth-order valence-corrected chi connectivity index (χ4v) is 4.78. The molecule has 1 aliphatic carbocycles. The van der Waals surface area contributed by atoms with Gasteiger partial charge in [-0.15, -0.1) is 10.2 Å². The molecule has 144 valence electrons. The first-order valence-electron chi connectivity index (χ1n) is 9.86. The average molecular weight is 395 g/mol. The van der Waals surface area contributed by atoms with Crippen LogP contribution < -0.4 is 5.32 Å². The Morgan fingerprint density at radius 3 is 2.61 bits per heavy atom. The van der Waals surface area contributed by atoms with Gasteiger partial charge in [-0.25, -0.2) is 0 Å². The third-order valence-corrected chi connectivity index (χ3v) is 6.36. The minimum Gasteiger partial charge on any atom is -0.385 e. The van der Waals surface area contributed by atoms with Gasteiger partial charge in [0.2, 0.25) is 0 Å². The van der Waals surface area contributed by atoms with Gasteiger partial charge >= 0.3 is 0 Å². The second-order valence-electron chi connectivity index (χ2n) is 7.86. The largest absolute Gasteiger partial charge is 0.385 e. The number of hydrogen-bond donors (Lipinski definition) is 2. The number of benzene rings is 2. The van der Waals surface area contributed by atoms with Crippen molar-refractivity contribution < 1.29 is 5.11 Å². The third-order valence-electron chi connectivity index (χ3n) is 6.13. The molecule has 3 aromatic rings. The zero-order valence-corrected chi connectivity index (χ0v) is 16.4. The summed E-state index contributed by atoms with van der Waals surface area (Å²) in [5.74, 6) is 2.21. The van der Waals surface area contributed by atoms with E-state index in [1.165, 1.54) is 0 Å². The fraction of sp³-hybridized carbons (Fsp3) is 0.364. The number of hydrogen-bond acceptors (Lipinski definition) is 4. The van der Waals surface area contributed by atoms with E-state index in [-0.39, 0.29) is 5.92 Å². The Morgan fingerprint density at radius 2 is 1.82 bits per heavy atom. The van der Waals surface area contributed by atoms with Crippen molar-refractivity contribution in [2.75, 3.05) is 0 Å². The van der Waals surface area contributed by atoms with Crippen LogP contribution in [0.15, 0.2) is 48.5 Å². The van der Waals surface area contributed by atoms with Gasteiger partial charge in [-0.05, 0) is 55.0 Å². The van der Waals surface area contributed by atoms with Crippen molar-refractivity contribution in [2.45, 2.75) is 50.3 Å². The molecule has 1 aromatic heterocycles. The number of fused-ring (bicyclic) bond motifs is 3. The van der Waals surface area contributed by atoms with Crippen LogP contribution in [0.4, 0.5) is 0 Å². The van der Waals surface area contributed by atoms with Crippen molar-refractivity contribution >= 4 is 11.6 Å². The van der Waals surface area contributed by atoms with Gasteiger partial charge in [0.15, 0.2) is 5.82 Å². The maximum Gasteiger partial charge on any atom is 0.151 e. The molecule has 5 nitrogen and oxygen atoms in total. The second kappa shape index (κ2) is 6.99. The van der Waals surface area contributed by atoms with Crippen LogP contribution in [0.25, 0.3) is 5.69 Å². The number of rotatable bonds is 2. The van der Waals surface area contributed by atoms with Gasteiger partial charge in [-0.2, -0.15) is 0 Å². The second-order valence-corrected chi connectivity index (χ2v) is 8.29. The summed E-state index contributed by atoms with van der Waals surface area (Å²) in [7, 11) is 0. The molecule has 0 atom stereocenters. The van der Waals surface area contributed by atoms with E-state index < -0.39 is 5.60 Å². The molecular weight excluding hydrogens is 372 g/mol. The quantitative estimate of drug-likeness (QED) is 0.687. The predicted octanol–water partition coefficient (Wildman–Crippen LogP) is 4.07. The zero-order valence-electron chi connectivity index (χ0n) is 15.6. The van der Waals surface area contributed by atoms with E-state index in [1.54, 1.807) is 0 Å². The third kappa shape index (κ3) is 3.04. The summed E-state index contributed by atoms with van der Waals surface area (Å²) in [6.07, 6.45) is 3.24. The van der Waals surface area contributed by atoms with Crippen molar-refractivity contribution in [1.29, 1.82) is 0 Å². The Hall–Kier alpha value is -2.21. The van der Waals surface area contributed by atoms with Crippen molar-refractivity contribution in [3.8, 4) is 5.69 Å². The van der Waals surface area contributed by atoms with Crippen molar-refractivity contribution in [3.63, 3.8) is 0 Å². The fourth-order valence-electron chi connectivity index (χ4n) is 4.59. The molecule has 0 bridgehead atoms. The molecule has 0 spiro atoms. The molecule has 6 heteroatoms. The van der Waals surface area contributed by atoms with Crippen LogP contribution in [0.1, 0.15) is 54.4 Å². The van der Waals surface area contributed by atoms with E-state index in [0.29, 0.717) is 6.54 Å². The van der Waals surface area contributed by atoms with Crippen molar-refractivity contribution in [3.05, 3.63) is 76.3 Å². The molecule has 28 heavy (non-hydrogen) atoms. The van der Waals surface area contributed by atoms with Crippen LogP contribution >= 0.6 is 11.6 Å². The maximum atomic E-state index is 11.2. The molecule has 0 radical (unpaired) electrons. The summed E-state index contributed by atoms with van der Waals surface area (Å²) < 4.78 is 2.20. The highest BCUT2D eigenvalue weighted by Crippen LogP contribution is 2.43. The van der Waals surface area contributed by atoms with Crippen molar-refractivity contribution in [2.24, 2.45) is 0 Å². The van der Waals surface area contributed by atoms with E-state index in [0.717, 1.165) is 65.7 Å². The lowest BCUT2D eigenvalue weighted by molar-refractivity contribution is -0.00646. The van der Waals surface area contributed by atoms with E-state index in [9.17, 15) is 5.11 Å². The molecule has 1 fully saturated rings. The van der Waals surface area contributed by atoms with Crippen LogP contribution in [0.2, 0.25) is 5.02 Å². The van der Waals surface area contributed by atoms with E-state index in [2.05, 4.69) is 26.1 Å². The first kappa shape index (κ1) is 17.9. The summed E-state index contributed by atoms with van der Waals surface area (Å²) in [4.78, 5) is 0. The molecule has 0 unspecified atom stereocenters. The topological polar surface area (TPSA) is 63.0 Å². The minimum atomic E-state index is -0.744. The summed E-state index contributed by atoms with van der Waals surface area (Å²) in [6, 6.07) is 16.0. The summed E-state index contributed by atoms with van der Waals surface area (Å²) >= 11 is 6.21. The summed E-state index contributed by atoms with van der Waals surface area (Å²) in [5.41, 5.74) is 2.53. The van der Waals surface area contributed by atoms with Gasteiger partial charge in [0, 0.05) is 17.5 Å². The Morgan fingerprint density at radius 1 is 1.04 bits per heavy atom. The lowest BCUT2D eigenvalue weighted by atomic mass is 9.75. The molecule has 2 heterocycles. The normalized spacial score (nSPS) is 24.3. The Labute approximate surface area is 169 Å². The maximum absolute atomic E-state index is 11.2. The van der Waals surface area contributed by atoms with E-state index in [1.807, 2.05) is 42.5 Å². The molecule has 5 rings (SSSR count). The number of nitrogens with one attached hydrogen (secondary N) is 1. The van der Waals surface area contributed by atoms with Crippen molar-refractivity contribution in [1.82, 2.24) is 20.1 Å². The van der Waals surface area contributed by atoms with Gasteiger partial charge in [-0.3, -0.25) is 4.57 Å². The lowest BCUT2D eigenvalue weighted by Crippen LogP contribution is -2.31. The molecule has 2 aliphatic rings. The van der Waals surface area contributed by atoms with Gasteiger partial charge < -0.3 is 10.4 Å². The predicted molar refractivity (Wildman–Crippen MR) is 108 cm³/mol. The van der Waals surface area contributed by atoms with Crippen LogP contribution in [-0.2, 0) is 18.7 Å². The molecule has 0 amide bonds. The smallest absolute Gasteiger partial charge is 0.151 e. The van der Waals surface area contributed by atoms with Crippen LogP contribution in [0.5, 0.6) is 0 Å². The zero-order chi connectivity index (χ0) is 19.1. The monoisotopic (exact) mass is 394 g/mol. The molecule has 2 aromatic carbocycles. The average Bonchev–Trinajstić information content (AvgIpc) is 3.05. The Balaban J connectivity index is 1.46. The highest BCUT2D eigenvalue weighted by atomic mass is 35.5. The molecule has 1 aliphatic heterocycles. The number of aliphatic hydroxyl groups is 1. The van der Waals surface area contributed by atoms with Crippen LogP contribution in [-0.4, -0.2) is 19.9 Å². The first-order chi connectivity index (χ1) is 13.6. The van der Waals surface area contributed by atoms with Gasteiger partial charge in [0.05, 0.1) is 17.8 Å². The Bertz CT molecular complexity index is 993. The number of aromatic nitrogens is 3. The number of nitrogens with zero attached hydrogens (tertiary/aromatic N) is 3. The molecule has 1 saturated carbocycles. The van der Waals surface area contributed by atoms with Gasteiger partial charge in [0.25, 0.3) is 0 Å². The van der Waals surface area contributed by atoms with Crippen LogP contribution in [0.3, 0.4) is 0 Å². The highest BCUT2D eigenvalue weighted by molar-refractivity contribution is 6.30. The summed E-state index contributed by atoms with van der Waals surface area (Å²) in [5, 5.41) is 24.3. The highest BCUT2D eigenvalue weighted by Gasteiger charge is 2.37. The minimum absolute atomic E-state index is 0.284. The standard InChI is InChI=1S/C22H23ClN4O/c23-18-6-7-19-16(12-18)13-24-14-20-25-26-21(27(19)20)15-8-10-22(28,11-9-15)17-4-2-1-3-5-17/h1-7,12,15,24,28H,8-11,13-14H2. The van der Waals surface area contributed by atoms with Crippen LogP contribution in [0, 0.1) is 0 Å². The lowest BCUT2D eigenvalue weighted by Gasteiger charge is -2.36. The summed E-state index contributed by atoms with van der Waals surface area (Å²) in [6.45, 7) is 1.44. The Kier molecular flexibility index (Phi) is 4.46. The van der Waals surface area contributed by atoms with Gasteiger partial charge in [0.1, 0.15) is 5.82 Å². The molecule has 2 N–H and O–H groups in total. The van der Waals surface area contributed by atoms with E-state index in [4.69, 9.17) is 11.6 Å².